The predicted octanol–water partition coefficient (Wildman–Crippen LogP) is 2.36. The lowest BCUT2D eigenvalue weighted by atomic mass is 10.1. The number of amides is 4. The molecule has 2 aromatic rings. The van der Waals surface area contributed by atoms with E-state index in [1.807, 2.05) is 0 Å². The van der Waals surface area contributed by atoms with Crippen LogP contribution in [0, 0.1) is 0 Å². The first-order chi connectivity index (χ1) is 12.6. The summed E-state index contributed by atoms with van der Waals surface area (Å²) in [6, 6.07) is 13.5. The van der Waals surface area contributed by atoms with Crippen molar-refractivity contribution in [2.24, 2.45) is 0 Å². The average molecular weight is 350 g/mol. The lowest BCUT2D eigenvalue weighted by molar-refractivity contribution is 0.0615. The van der Waals surface area contributed by atoms with Gasteiger partial charge in [-0.15, -0.1) is 0 Å². The molecule has 0 unspecified atom stereocenters. The van der Waals surface area contributed by atoms with E-state index in [1.165, 1.54) is 9.80 Å². The van der Waals surface area contributed by atoms with Gasteiger partial charge in [0.2, 0.25) is 0 Å². The summed E-state index contributed by atoms with van der Waals surface area (Å²) in [5, 5.41) is 0. The van der Waals surface area contributed by atoms with E-state index in [0.29, 0.717) is 35.1 Å². The summed E-state index contributed by atoms with van der Waals surface area (Å²) >= 11 is 0. The molecule has 0 N–H and O–H groups in total. The average Bonchev–Trinajstić information content (AvgIpc) is 3.06. The van der Waals surface area contributed by atoms with Gasteiger partial charge in [-0.05, 0) is 37.1 Å². The highest BCUT2D eigenvalue weighted by Gasteiger charge is 2.36. The van der Waals surface area contributed by atoms with E-state index in [-0.39, 0.29) is 36.7 Å². The number of unbranched alkanes of at least 4 members (excludes halogenated alkanes) is 1. The fourth-order valence-electron chi connectivity index (χ4n) is 3.42. The first kappa shape index (κ1) is 16.2. The van der Waals surface area contributed by atoms with E-state index in [2.05, 4.69) is 0 Å². The zero-order valence-corrected chi connectivity index (χ0v) is 14.0. The maximum Gasteiger partial charge on any atom is 0.261 e. The number of rotatable bonds is 5. The van der Waals surface area contributed by atoms with Crippen molar-refractivity contribution in [3.63, 3.8) is 0 Å². The summed E-state index contributed by atoms with van der Waals surface area (Å²) in [6.07, 6.45) is 1.05. The molecular weight excluding hydrogens is 334 g/mol. The van der Waals surface area contributed by atoms with Crippen LogP contribution in [0.15, 0.2) is 48.5 Å². The van der Waals surface area contributed by atoms with Crippen molar-refractivity contribution in [2.45, 2.75) is 12.8 Å². The highest BCUT2D eigenvalue weighted by atomic mass is 16.2. The van der Waals surface area contributed by atoms with Crippen LogP contribution in [0.1, 0.15) is 54.3 Å². The van der Waals surface area contributed by atoms with Crippen LogP contribution < -0.4 is 0 Å². The Morgan fingerprint density at radius 3 is 1.04 bits per heavy atom. The van der Waals surface area contributed by atoms with Gasteiger partial charge in [-0.25, -0.2) is 0 Å². The molecule has 2 aliphatic heterocycles. The summed E-state index contributed by atoms with van der Waals surface area (Å²) < 4.78 is 0. The summed E-state index contributed by atoms with van der Waals surface area (Å²) in [7, 11) is 0. The van der Waals surface area contributed by atoms with Gasteiger partial charge >= 0.3 is 0 Å². The molecule has 2 heterocycles. The molecule has 0 saturated heterocycles. The molecule has 0 fully saturated rings. The van der Waals surface area contributed by atoms with Crippen molar-refractivity contribution in [2.75, 3.05) is 13.1 Å². The SMILES string of the molecule is O=C1c2ccccc2C(=O)N1[13CH2]CC[13CH2]N1C(=O)c2ccccc2C1=O. The molecule has 0 aliphatic carbocycles. The summed E-state index contributed by atoms with van der Waals surface area (Å²) in [4.78, 5) is 51.6. The lowest BCUT2D eigenvalue weighted by Gasteiger charge is -2.16. The molecule has 0 bridgehead atoms. The molecule has 0 spiro atoms. The van der Waals surface area contributed by atoms with E-state index >= 15 is 0 Å². The molecule has 0 atom stereocenters. The van der Waals surface area contributed by atoms with Crippen LogP contribution >= 0.6 is 0 Å². The Morgan fingerprint density at radius 2 is 0.769 bits per heavy atom. The number of hydrogen-bond acceptors (Lipinski definition) is 4. The molecule has 26 heavy (non-hydrogen) atoms. The van der Waals surface area contributed by atoms with E-state index in [9.17, 15) is 19.2 Å². The van der Waals surface area contributed by atoms with Gasteiger partial charge in [0, 0.05) is 13.1 Å². The van der Waals surface area contributed by atoms with Crippen LogP contribution in [-0.4, -0.2) is 46.5 Å². The third-order valence-corrected chi connectivity index (χ3v) is 4.77. The molecule has 2 aliphatic rings. The Hall–Kier alpha value is -3.28. The molecule has 4 rings (SSSR count). The number of hydrogen-bond donors (Lipinski definition) is 0. The molecule has 4 amide bonds. The number of nitrogens with zero attached hydrogens (tertiary/aromatic N) is 2. The number of carbonyl (C=O) groups is 4. The van der Waals surface area contributed by atoms with Crippen molar-refractivity contribution in [3.05, 3.63) is 70.8 Å². The smallest absolute Gasteiger partial charge is 0.261 e. The van der Waals surface area contributed by atoms with Crippen LogP contribution in [-0.2, 0) is 0 Å². The molecule has 0 saturated carbocycles. The van der Waals surface area contributed by atoms with Crippen molar-refractivity contribution in [3.8, 4) is 0 Å². The maximum atomic E-state index is 12.3. The van der Waals surface area contributed by atoms with Crippen molar-refractivity contribution >= 4 is 23.6 Å². The maximum absolute atomic E-state index is 12.3. The van der Waals surface area contributed by atoms with Gasteiger partial charge in [0.1, 0.15) is 0 Å². The first-order valence-corrected chi connectivity index (χ1v) is 8.50. The van der Waals surface area contributed by atoms with Gasteiger partial charge in [-0.2, -0.15) is 0 Å². The molecular formula is C20H16N2O4. The number of benzene rings is 2. The minimum Gasteiger partial charge on any atom is -0.274 e. The van der Waals surface area contributed by atoms with E-state index in [4.69, 9.17) is 0 Å². The largest absolute Gasteiger partial charge is 0.274 e. The number of fused-ring (bicyclic) bond motifs is 2. The second-order valence-electron chi connectivity index (χ2n) is 6.32. The second kappa shape index (κ2) is 6.22. The van der Waals surface area contributed by atoms with Crippen LogP contribution in [0.25, 0.3) is 0 Å². The quantitative estimate of drug-likeness (QED) is 0.471. The second-order valence-corrected chi connectivity index (χ2v) is 6.32. The Morgan fingerprint density at radius 1 is 0.500 bits per heavy atom. The van der Waals surface area contributed by atoms with Gasteiger partial charge in [-0.3, -0.25) is 29.0 Å². The Bertz CT molecular complexity index is 803. The van der Waals surface area contributed by atoms with Crippen molar-refractivity contribution in [1.29, 1.82) is 0 Å². The fraction of sp³-hybridized carbons (Fsp3) is 0.200. The topological polar surface area (TPSA) is 74.8 Å². The van der Waals surface area contributed by atoms with Crippen LogP contribution in [0.2, 0.25) is 0 Å². The predicted molar refractivity (Wildman–Crippen MR) is 92.9 cm³/mol. The number of imide groups is 2. The van der Waals surface area contributed by atoms with Gasteiger partial charge in [0.05, 0.1) is 22.3 Å². The zero-order valence-electron chi connectivity index (χ0n) is 14.0. The van der Waals surface area contributed by atoms with E-state index < -0.39 is 0 Å². The molecule has 0 radical (unpaired) electrons. The Balaban J connectivity index is 1.35. The van der Waals surface area contributed by atoms with Crippen molar-refractivity contribution < 1.29 is 19.2 Å². The van der Waals surface area contributed by atoms with E-state index in [0.717, 1.165) is 0 Å². The Kier molecular flexibility index (Phi) is 3.88. The van der Waals surface area contributed by atoms with E-state index in [1.54, 1.807) is 48.5 Å². The molecule has 6 nitrogen and oxygen atoms in total. The standard InChI is InChI=1S/C20H16N2O4/c23-17-13-7-1-2-8-14(13)18(24)21(17)11-5-6-12-22-19(25)15-9-3-4-10-16(15)20(22)26/h1-4,7-10H,5-6,11-12H2/i11+1,12+1. The third kappa shape index (κ3) is 2.42. The van der Waals surface area contributed by atoms with Gasteiger partial charge in [-0.1, -0.05) is 24.3 Å². The highest BCUT2D eigenvalue weighted by molar-refractivity contribution is 6.22. The summed E-state index contributed by atoms with van der Waals surface area (Å²) in [5.74, 6) is -1.14. The monoisotopic (exact) mass is 350 g/mol. The van der Waals surface area contributed by atoms with Crippen LogP contribution in [0.4, 0.5) is 0 Å². The molecule has 6 heteroatoms. The lowest BCUT2D eigenvalue weighted by Crippen LogP contribution is -2.33. The van der Waals surface area contributed by atoms with Gasteiger partial charge in [0.15, 0.2) is 0 Å². The zero-order chi connectivity index (χ0) is 18.3. The fourth-order valence-corrected chi connectivity index (χ4v) is 3.42. The van der Waals surface area contributed by atoms with Crippen LogP contribution in [0.3, 0.4) is 0 Å². The molecule has 0 aromatic heterocycles. The highest BCUT2D eigenvalue weighted by Crippen LogP contribution is 2.24. The summed E-state index contributed by atoms with van der Waals surface area (Å²) in [6.45, 7) is 0.547. The molecule has 2 aromatic carbocycles. The Labute approximate surface area is 150 Å². The normalized spacial score (nSPS) is 15.7. The molecule has 130 valence electrons. The van der Waals surface area contributed by atoms with Crippen molar-refractivity contribution in [1.82, 2.24) is 9.80 Å². The first-order valence-electron chi connectivity index (χ1n) is 8.50. The third-order valence-electron chi connectivity index (χ3n) is 4.77. The van der Waals surface area contributed by atoms with Gasteiger partial charge < -0.3 is 0 Å². The minimum absolute atomic E-state index is 0.273. The van der Waals surface area contributed by atoms with Gasteiger partial charge in [0.25, 0.3) is 23.6 Å². The summed E-state index contributed by atoms with van der Waals surface area (Å²) in [5.41, 5.74) is 1.71. The number of carbonyl (C=O) groups excluding carboxylic acids is 4. The van der Waals surface area contributed by atoms with Crippen LogP contribution in [0.5, 0.6) is 0 Å². The minimum atomic E-state index is -0.286.